The van der Waals surface area contributed by atoms with Gasteiger partial charge in [-0.05, 0) is 77.0 Å². The summed E-state index contributed by atoms with van der Waals surface area (Å²) in [4.78, 5) is 38.4. The summed E-state index contributed by atoms with van der Waals surface area (Å²) in [6.45, 7) is 6.57. The van der Waals surface area contributed by atoms with Gasteiger partial charge in [-0.3, -0.25) is 14.4 Å². The zero-order valence-corrected chi connectivity index (χ0v) is 54.6. The Labute approximate surface area is 505 Å². The number of carbonyl (C=O) groups excluding carboxylic acids is 3. The summed E-state index contributed by atoms with van der Waals surface area (Å²) in [7, 11) is 0. The van der Waals surface area contributed by atoms with E-state index in [4.69, 9.17) is 14.2 Å². The van der Waals surface area contributed by atoms with E-state index in [-0.39, 0.29) is 31.1 Å². The van der Waals surface area contributed by atoms with Gasteiger partial charge in [-0.1, -0.05) is 345 Å². The van der Waals surface area contributed by atoms with Crippen LogP contribution in [0.3, 0.4) is 0 Å². The van der Waals surface area contributed by atoms with E-state index < -0.39 is 6.10 Å². The topological polar surface area (TPSA) is 78.9 Å². The monoisotopic (exact) mass is 1140 g/mol. The molecule has 6 nitrogen and oxygen atoms in total. The summed E-state index contributed by atoms with van der Waals surface area (Å²) in [5.41, 5.74) is 0. The zero-order chi connectivity index (χ0) is 58.5. The van der Waals surface area contributed by atoms with E-state index >= 15 is 0 Å². The fraction of sp³-hybridized carbons (Fsp3) is 0.853. The quantitative estimate of drug-likeness (QED) is 0.0261. The number of esters is 3. The highest BCUT2D eigenvalue weighted by atomic mass is 16.6. The molecule has 474 valence electrons. The standard InChI is InChI=1S/C75H138O6/c1-4-7-10-13-16-19-22-25-27-29-30-31-32-33-34-35-36-37-38-39-40-41-42-43-44-46-47-50-53-56-59-62-65-68-74(77)80-71-72(70-79-73(76)67-64-61-58-55-52-49-24-21-18-15-12-9-6-3)81-75(78)69-66-63-60-57-54-51-48-45-28-26-23-20-17-14-11-8-5-2/h9,12,18,21,29-30,49,52,72H,4-8,10-11,13-17,19-20,22-28,31-48,50-51,53-71H2,1-3H3/b12-9-,21-18-,30-29-,52-49-. The summed E-state index contributed by atoms with van der Waals surface area (Å²) in [6.07, 6.45) is 88.8. The predicted molar refractivity (Wildman–Crippen MR) is 353 cm³/mol. The maximum Gasteiger partial charge on any atom is 0.306 e. The minimum absolute atomic E-state index is 0.0772. The molecule has 0 N–H and O–H groups in total. The second-order valence-electron chi connectivity index (χ2n) is 24.5. The Balaban J connectivity index is 4.11. The first kappa shape index (κ1) is 78.4. The maximum atomic E-state index is 12.9. The van der Waals surface area contributed by atoms with Crippen molar-refractivity contribution in [2.45, 2.75) is 399 Å². The molecule has 0 aromatic rings. The summed E-state index contributed by atoms with van der Waals surface area (Å²) in [5, 5.41) is 0. The first-order valence-electron chi connectivity index (χ1n) is 36.1. The van der Waals surface area contributed by atoms with E-state index in [9.17, 15) is 14.4 Å². The molecular weight excluding hydrogens is 997 g/mol. The Morgan fingerprint density at radius 2 is 0.481 bits per heavy atom. The molecule has 1 unspecified atom stereocenters. The number of unbranched alkanes of at least 4 members (excludes halogenated alkanes) is 48. The van der Waals surface area contributed by atoms with Crippen LogP contribution < -0.4 is 0 Å². The lowest BCUT2D eigenvalue weighted by Gasteiger charge is -2.18. The van der Waals surface area contributed by atoms with E-state index in [1.165, 1.54) is 270 Å². The van der Waals surface area contributed by atoms with Crippen LogP contribution in [0.4, 0.5) is 0 Å². The Morgan fingerprint density at radius 1 is 0.259 bits per heavy atom. The summed E-state index contributed by atoms with van der Waals surface area (Å²) in [5.74, 6) is -0.882. The molecule has 81 heavy (non-hydrogen) atoms. The van der Waals surface area contributed by atoms with Gasteiger partial charge in [0.15, 0.2) is 6.10 Å². The maximum absolute atomic E-state index is 12.9. The van der Waals surface area contributed by atoms with Crippen LogP contribution in [0.5, 0.6) is 0 Å². The number of ether oxygens (including phenoxy) is 3. The van der Waals surface area contributed by atoms with Crippen molar-refractivity contribution in [2.24, 2.45) is 0 Å². The second kappa shape index (κ2) is 69.9. The van der Waals surface area contributed by atoms with Crippen molar-refractivity contribution in [3.63, 3.8) is 0 Å². The highest BCUT2D eigenvalue weighted by Crippen LogP contribution is 2.19. The molecule has 0 saturated heterocycles. The fourth-order valence-electron chi connectivity index (χ4n) is 10.9. The Morgan fingerprint density at radius 3 is 0.778 bits per heavy atom. The molecule has 0 aliphatic heterocycles. The first-order valence-corrected chi connectivity index (χ1v) is 36.1. The molecule has 0 amide bonds. The fourth-order valence-corrected chi connectivity index (χ4v) is 10.9. The molecule has 0 aliphatic carbocycles. The third kappa shape index (κ3) is 68.0. The number of hydrogen-bond acceptors (Lipinski definition) is 6. The zero-order valence-electron chi connectivity index (χ0n) is 54.6. The lowest BCUT2D eigenvalue weighted by Crippen LogP contribution is -2.30. The lowest BCUT2D eigenvalue weighted by atomic mass is 10.0. The largest absolute Gasteiger partial charge is 0.462 e. The van der Waals surface area contributed by atoms with Crippen LogP contribution in [-0.4, -0.2) is 37.2 Å². The lowest BCUT2D eigenvalue weighted by molar-refractivity contribution is -0.167. The van der Waals surface area contributed by atoms with Crippen LogP contribution in [-0.2, 0) is 28.6 Å². The van der Waals surface area contributed by atoms with Gasteiger partial charge in [0.05, 0.1) is 0 Å². The SMILES string of the molecule is CC/C=C\C/C=C\C/C=C\CCCCCC(=O)OCC(COC(=O)CCCCCCCCCCCCCCCCCCCCCCC/C=C\CCCCCCCCCC)OC(=O)CCCCCCCCCCCCCCCCCCC. The Bertz CT molecular complexity index is 1400. The average molecular weight is 1140 g/mol. The van der Waals surface area contributed by atoms with Crippen LogP contribution in [0.2, 0.25) is 0 Å². The van der Waals surface area contributed by atoms with Crippen molar-refractivity contribution in [1.29, 1.82) is 0 Å². The number of allylic oxidation sites excluding steroid dienone is 8. The van der Waals surface area contributed by atoms with Gasteiger partial charge in [0.25, 0.3) is 0 Å². The normalized spacial score (nSPS) is 12.3. The number of hydrogen-bond donors (Lipinski definition) is 0. The summed E-state index contributed by atoms with van der Waals surface area (Å²) >= 11 is 0. The van der Waals surface area contributed by atoms with Crippen molar-refractivity contribution in [3.8, 4) is 0 Å². The highest BCUT2D eigenvalue weighted by molar-refractivity contribution is 5.71. The molecule has 0 rings (SSSR count). The van der Waals surface area contributed by atoms with E-state index in [2.05, 4.69) is 69.4 Å². The van der Waals surface area contributed by atoms with Crippen molar-refractivity contribution < 1.29 is 28.6 Å². The molecule has 0 radical (unpaired) electrons. The molecule has 0 aromatic heterocycles. The van der Waals surface area contributed by atoms with Gasteiger partial charge in [-0.25, -0.2) is 0 Å². The molecule has 0 saturated carbocycles. The van der Waals surface area contributed by atoms with Gasteiger partial charge in [0, 0.05) is 19.3 Å². The second-order valence-corrected chi connectivity index (χ2v) is 24.5. The predicted octanol–water partition coefficient (Wildman–Crippen LogP) is 24.9. The molecule has 6 heteroatoms. The van der Waals surface area contributed by atoms with E-state index in [0.29, 0.717) is 19.3 Å². The van der Waals surface area contributed by atoms with Gasteiger partial charge in [0.1, 0.15) is 13.2 Å². The molecule has 0 bridgehead atoms. The molecule has 0 aliphatic rings. The van der Waals surface area contributed by atoms with Crippen molar-refractivity contribution in [2.75, 3.05) is 13.2 Å². The smallest absolute Gasteiger partial charge is 0.306 e. The third-order valence-electron chi connectivity index (χ3n) is 16.3. The minimum Gasteiger partial charge on any atom is -0.462 e. The van der Waals surface area contributed by atoms with E-state index in [0.717, 1.165) is 83.5 Å². The van der Waals surface area contributed by atoms with E-state index in [1.807, 2.05) is 0 Å². The summed E-state index contributed by atoms with van der Waals surface area (Å²) < 4.78 is 16.9. The van der Waals surface area contributed by atoms with Gasteiger partial charge in [-0.15, -0.1) is 0 Å². The van der Waals surface area contributed by atoms with Crippen molar-refractivity contribution in [3.05, 3.63) is 48.6 Å². The molecule has 0 heterocycles. The van der Waals surface area contributed by atoms with Crippen LogP contribution in [0, 0.1) is 0 Å². The Hall–Kier alpha value is -2.63. The van der Waals surface area contributed by atoms with Crippen LogP contribution in [0.1, 0.15) is 393 Å². The number of carbonyl (C=O) groups is 3. The van der Waals surface area contributed by atoms with E-state index in [1.54, 1.807) is 0 Å². The van der Waals surface area contributed by atoms with Crippen LogP contribution in [0.25, 0.3) is 0 Å². The van der Waals surface area contributed by atoms with Gasteiger partial charge in [0.2, 0.25) is 0 Å². The van der Waals surface area contributed by atoms with Crippen LogP contribution >= 0.6 is 0 Å². The highest BCUT2D eigenvalue weighted by Gasteiger charge is 2.19. The van der Waals surface area contributed by atoms with Gasteiger partial charge < -0.3 is 14.2 Å². The number of rotatable bonds is 67. The van der Waals surface area contributed by atoms with Gasteiger partial charge in [-0.2, -0.15) is 0 Å². The third-order valence-corrected chi connectivity index (χ3v) is 16.3. The Kier molecular flexibility index (Phi) is 67.6. The average Bonchev–Trinajstić information content (AvgIpc) is 3.46. The van der Waals surface area contributed by atoms with Crippen molar-refractivity contribution in [1.82, 2.24) is 0 Å². The minimum atomic E-state index is -0.783. The van der Waals surface area contributed by atoms with Crippen LogP contribution in [0.15, 0.2) is 48.6 Å². The molecule has 0 fully saturated rings. The molecular formula is C75H138O6. The van der Waals surface area contributed by atoms with Gasteiger partial charge >= 0.3 is 17.9 Å². The molecule has 0 spiro atoms. The molecule has 0 aromatic carbocycles. The molecule has 1 atom stereocenters. The first-order chi connectivity index (χ1) is 40.0. The summed E-state index contributed by atoms with van der Waals surface area (Å²) in [6, 6.07) is 0. The van der Waals surface area contributed by atoms with Crippen molar-refractivity contribution >= 4 is 17.9 Å².